The van der Waals surface area contributed by atoms with E-state index in [1.165, 1.54) is 0 Å². The van der Waals surface area contributed by atoms with Gasteiger partial charge in [-0.3, -0.25) is 4.90 Å². The fourth-order valence-electron chi connectivity index (χ4n) is 3.07. The van der Waals surface area contributed by atoms with E-state index >= 15 is 0 Å². The largest absolute Gasteiger partial charge is 0.481 e. The number of aromatic nitrogens is 2. The number of anilines is 1. The molecule has 2 aliphatic heterocycles. The van der Waals surface area contributed by atoms with Crippen molar-refractivity contribution in [2.45, 2.75) is 6.04 Å². The zero-order valence-electron chi connectivity index (χ0n) is 12.9. The minimum absolute atomic E-state index is 0.354. The third kappa shape index (κ3) is 3.03. The third-order valence-electron chi connectivity index (χ3n) is 4.28. The molecule has 0 saturated carbocycles. The van der Waals surface area contributed by atoms with Gasteiger partial charge in [0.25, 0.3) is 0 Å². The molecule has 116 valence electrons. The second kappa shape index (κ2) is 6.03. The van der Waals surface area contributed by atoms with Crippen LogP contribution < -0.4 is 14.4 Å². The Bertz CT molecular complexity index is 476. The number of nitrogens with zero attached hydrogens (tertiary/aromatic N) is 5. The lowest BCUT2D eigenvalue weighted by Gasteiger charge is -2.46. The lowest BCUT2D eigenvalue weighted by atomic mass is 10.1. The minimum Gasteiger partial charge on any atom is -0.481 e. The van der Waals surface area contributed by atoms with E-state index in [0.717, 1.165) is 45.1 Å². The van der Waals surface area contributed by atoms with Gasteiger partial charge in [-0.25, -0.2) is 0 Å². The average Bonchev–Trinajstić information content (AvgIpc) is 2.53. The van der Waals surface area contributed by atoms with Gasteiger partial charge in [0, 0.05) is 51.4 Å². The van der Waals surface area contributed by atoms with Gasteiger partial charge in [-0.15, -0.1) is 0 Å². The highest BCUT2D eigenvalue weighted by Crippen LogP contribution is 2.24. The van der Waals surface area contributed by atoms with Crippen LogP contribution in [0, 0.1) is 0 Å². The molecular formula is C14H23N5O2. The first kappa shape index (κ1) is 14.3. The van der Waals surface area contributed by atoms with E-state index < -0.39 is 0 Å². The Kier molecular flexibility index (Phi) is 4.12. The Morgan fingerprint density at radius 2 is 1.86 bits per heavy atom. The normalized spacial score (nSPS) is 23.8. The molecular weight excluding hydrogens is 270 g/mol. The summed E-state index contributed by atoms with van der Waals surface area (Å²) in [5.41, 5.74) is 0. The van der Waals surface area contributed by atoms with E-state index in [1.807, 2.05) is 6.07 Å². The number of hydrogen-bond donors (Lipinski definition) is 0. The van der Waals surface area contributed by atoms with Crippen molar-refractivity contribution in [3.63, 3.8) is 0 Å². The number of likely N-dealkylation sites (N-methyl/N-ethyl adjacent to an activating group) is 1. The summed E-state index contributed by atoms with van der Waals surface area (Å²) in [6, 6.07) is 2.79. The summed E-state index contributed by atoms with van der Waals surface area (Å²) in [5, 5.41) is 0. The van der Waals surface area contributed by atoms with Gasteiger partial charge in [0.05, 0.1) is 14.2 Å². The van der Waals surface area contributed by atoms with E-state index in [2.05, 4.69) is 31.7 Å². The first-order valence-corrected chi connectivity index (χ1v) is 7.34. The molecule has 21 heavy (non-hydrogen) atoms. The van der Waals surface area contributed by atoms with Crippen molar-refractivity contribution in [1.82, 2.24) is 19.8 Å². The Balaban J connectivity index is 1.78. The molecule has 0 bridgehead atoms. The highest BCUT2D eigenvalue weighted by Gasteiger charge is 2.31. The van der Waals surface area contributed by atoms with Crippen molar-refractivity contribution < 1.29 is 9.47 Å². The Labute approximate surface area is 125 Å². The van der Waals surface area contributed by atoms with Gasteiger partial charge in [-0.2, -0.15) is 9.97 Å². The van der Waals surface area contributed by atoms with E-state index in [1.54, 1.807) is 14.2 Å². The van der Waals surface area contributed by atoms with E-state index in [-0.39, 0.29) is 0 Å². The van der Waals surface area contributed by atoms with Crippen LogP contribution in [0.2, 0.25) is 0 Å². The number of methoxy groups -OCH3 is 2. The monoisotopic (exact) mass is 293 g/mol. The zero-order valence-corrected chi connectivity index (χ0v) is 12.9. The average molecular weight is 293 g/mol. The van der Waals surface area contributed by atoms with Crippen LogP contribution in [0.15, 0.2) is 6.07 Å². The lowest BCUT2D eigenvalue weighted by molar-refractivity contribution is 0.0804. The molecule has 3 rings (SSSR count). The fourth-order valence-corrected chi connectivity index (χ4v) is 3.07. The summed E-state index contributed by atoms with van der Waals surface area (Å²) < 4.78 is 10.4. The first-order valence-electron chi connectivity index (χ1n) is 7.34. The number of fused-ring (bicyclic) bond motifs is 1. The zero-order chi connectivity index (χ0) is 14.8. The molecule has 0 unspecified atom stereocenters. The summed E-state index contributed by atoms with van der Waals surface area (Å²) in [6.45, 7) is 6.46. The number of piperazine rings is 2. The fraction of sp³-hybridized carbons (Fsp3) is 0.714. The number of ether oxygens (including phenoxy) is 2. The maximum atomic E-state index is 5.24. The van der Waals surface area contributed by atoms with E-state index in [9.17, 15) is 0 Å². The lowest BCUT2D eigenvalue weighted by Crippen LogP contribution is -2.61. The quantitative estimate of drug-likeness (QED) is 0.773. The standard InChI is InChI=1S/C14H23N5O2/c1-17-4-5-18-6-7-19(10-11(18)9-17)12-8-13(20-2)16-14(15-12)21-3/h8,11H,4-7,9-10H2,1-3H3/t11-/m1/s1. The van der Waals surface area contributed by atoms with Crippen molar-refractivity contribution in [3.8, 4) is 11.9 Å². The summed E-state index contributed by atoms with van der Waals surface area (Å²) >= 11 is 0. The minimum atomic E-state index is 0.354. The molecule has 2 saturated heterocycles. The van der Waals surface area contributed by atoms with E-state index in [0.29, 0.717) is 17.9 Å². The Morgan fingerprint density at radius 1 is 1.05 bits per heavy atom. The van der Waals surface area contributed by atoms with Crippen molar-refractivity contribution >= 4 is 5.82 Å². The van der Waals surface area contributed by atoms with Crippen molar-refractivity contribution in [1.29, 1.82) is 0 Å². The van der Waals surface area contributed by atoms with Gasteiger partial charge >= 0.3 is 6.01 Å². The molecule has 2 fully saturated rings. The summed E-state index contributed by atoms with van der Waals surface area (Å²) in [7, 11) is 5.37. The van der Waals surface area contributed by atoms with Crippen LogP contribution in [0.4, 0.5) is 5.82 Å². The predicted octanol–water partition coefficient (Wildman–Crippen LogP) is -0.0702. The van der Waals surface area contributed by atoms with Crippen LogP contribution in [0.5, 0.6) is 11.9 Å². The molecule has 3 heterocycles. The van der Waals surface area contributed by atoms with Crippen LogP contribution in [0.3, 0.4) is 0 Å². The molecule has 7 heteroatoms. The van der Waals surface area contributed by atoms with Crippen molar-refractivity contribution in [2.24, 2.45) is 0 Å². The maximum absolute atomic E-state index is 5.24. The molecule has 1 aromatic heterocycles. The van der Waals surface area contributed by atoms with Crippen LogP contribution in [-0.4, -0.2) is 86.3 Å². The number of rotatable bonds is 3. The SMILES string of the molecule is COc1cc(N2CCN3CCN(C)C[C@@H]3C2)nc(OC)n1. The summed E-state index contributed by atoms with van der Waals surface area (Å²) in [6.07, 6.45) is 0. The highest BCUT2D eigenvalue weighted by molar-refractivity contribution is 5.43. The van der Waals surface area contributed by atoms with Gasteiger partial charge < -0.3 is 19.3 Å². The van der Waals surface area contributed by atoms with Gasteiger partial charge in [0.15, 0.2) is 0 Å². The smallest absolute Gasteiger partial charge is 0.321 e. The molecule has 0 amide bonds. The molecule has 1 atom stereocenters. The highest BCUT2D eigenvalue weighted by atomic mass is 16.5. The molecule has 0 aliphatic carbocycles. The first-order chi connectivity index (χ1) is 10.2. The molecule has 2 aliphatic rings. The second-order valence-corrected chi connectivity index (χ2v) is 5.65. The van der Waals surface area contributed by atoms with Crippen molar-refractivity contribution in [2.75, 3.05) is 65.4 Å². The van der Waals surface area contributed by atoms with Gasteiger partial charge in [-0.1, -0.05) is 0 Å². The van der Waals surface area contributed by atoms with Crippen LogP contribution in [-0.2, 0) is 0 Å². The molecule has 0 spiro atoms. The number of hydrogen-bond acceptors (Lipinski definition) is 7. The molecule has 0 N–H and O–H groups in total. The van der Waals surface area contributed by atoms with Crippen LogP contribution in [0.1, 0.15) is 0 Å². The van der Waals surface area contributed by atoms with Gasteiger partial charge in [0.2, 0.25) is 5.88 Å². The van der Waals surface area contributed by atoms with Crippen LogP contribution in [0.25, 0.3) is 0 Å². The molecule has 7 nitrogen and oxygen atoms in total. The topological polar surface area (TPSA) is 54.0 Å². The maximum Gasteiger partial charge on any atom is 0.321 e. The van der Waals surface area contributed by atoms with Gasteiger partial charge in [-0.05, 0) is 7.05 Å². The Morgan fingerprint density at radius 3 is 2.62 bits per heavy atom. The molecule has 1 aromatic rings. The summed E-state index contributed by atoms with van der Waals surface area (Å²) in [4.78, 5) is 15.9. The van der Waals surface area contributed by atoms with Crippen LogP contribution >= 0.6 is 0 Å². The van der Waals surface area contributed by atoms with E-state index in [4.69, 9.17) is 9.47 Å². The summed E-state index contributed by atoms with van der Waals surface area (Å²) in [5.74, 6) is 1.42. The van der Waals surface area contributed by atoms with Gasteiger partial charge in [0.1, 0.15) is 5.82 Å². The molecule has 0 radical (unpaired) electrons. The Hall–Kier alpha value is -1.60. The second-order valence-electron chi connectivity index (χ2n) is 5.65. The third-order valence-corrected chi connectivity index (χ3v) is 4.28. The molecule has 0 aromatic carbocycles. The van der Waals surface area contributed by atoms with Crippen molar-refractivity contribution in [3.05, 3.63) is 6.07 Å². The predicted molar refractivity (Wildman–Crippen MR) is 80.2 cm³/mol.